The molecule has 0 bridgehead atoms. The van der Waals surface area contributed by atoms with E-state index in [1.165, 1.54) is 12.1 Å². The Kier molecular flexibility index (Phi) is 7.24. The van der Waals surface area contributed by atoms with E-state index in [2.05, 4.69) is 15.5 Å². The Hall–Kier alpha value is -3.40. The minimum Gasteiger partial charge on any atom is -0.493 e. The molecule has 1 aromatic heterocycles. The number of rotatable bonds is 10. The maximum Gasteiger partial charge on any atom is 0.315 e. The third kappa shape index (κ3) is 5.82. The van der Waals surface area contributed by atoms with Crippen LogP contribution < -0.4 is 14.8 Å². The molecule has 0 aliphatic carbocycles. The van der Waals surface area contributed by atoms with Crippen LogP contribution in [0.3, 0.4) is 0 Å². The van der Waals surface area contributed by atoms with E-state index in [4.69, 9.17) is 14.0 Å². The smallest absolute Gasteiger partial charge is 0.315 e. The molecule has 9 nitrogen and oxygen atoms in total. The molecule has 1 heterocycles. The Morgan fingerprint density at radius 1 is 1.03 bits per heavy atom. The summed E-state index contributed by atoms with van der Waals surface area (Å²) in [5.41, 5.74) is 0.954. The minimum atomic E-state index is -3.47. The monoisotopic (exact) mass is 445 g/mol. The fraction of sp³-hybridized carbons (Fsp3) is 0.286. The van der Waals surface area contributed by atoms with Gasteiger partial charge in [0, 0.05) is 13.0 Å². The lowest BCUT2D eigenvalue weighted by atomic mass is 10.1. The number of sulfone groups is 1. The Morgan fingerprint density at radius 3 is 2.48 bits per heavy atom. The van der Waals surface area contributed by atoms with Gasteiger partial charge in [-0.2, -0.15) is 4.98 Å². The maximum absolute atomic E-state index is 12.3. The number of hydrogen-bond donors (Lipinski definition) is 1. The van der Waals surface area contributed by atoms with Crippen LogP contribution in [-0.2, 0) is 22.7 Å². The van der Waals surface area contributed by atoms with Crippen LogP contribution in [0.1, 0.15) is 22.1 Å². The van der Waals surface area contributed by atoms with Crippen molar-refractivity contribution in [2.75, 3.05) is 26.5 Å². The second-order valence-corrected chi connectivity index (χ2v) is 8.70. The number of nitrogens with one attached hydrogen (secondary N) is 1. The van der Waals surface area contributed by atoms with Gasteiger partial charge in [0.15, 0.2) is 27.2 Å². The number of carbonyl (C=O) groups is 1. The summed E-state index contributed by atoms with van der Waals surface area (Å²) < 4.78 is 40.1. The molecule has 0 spiro atoms. The number of methoxy groups -OCH3 is 2. The van der Waals surface area contributed by atoms with Crippen molar-refractivity contribution < 1.29 is 27.2 Å². The Bertz CT molecular complexity index is 1130. The first-order valence-electron chi connectivity index (χ1n) is 9.52. The van der Waals surface area contributed by atoms with Gasteiger partial charge in [0.25, 0.3) is 0 Å². The number of nitrogens with zero attached hydrogens (tertiary/aromatic N) is 2. The van der Waals surface area contributed by atoms with Crippen molar-refractivity contribution in [3.63, 3.8) is 0 Å². The van der Waals surface area contributed by atoms with E-state index < -0.39 is 15.7 Å². The average Bonchev–Trinajstić information content (AvgIpc) is 3.27. The van der Waals surface area contributed by atoms with Gasteiger partial charge < -0.3 is 19.3 Å². The SMILES string of the molecule is COc1ccc(CCNC(=O)c2nc(CCS(=O)(=O)c3ccccc3)no2)cc1OC. The molecule has 1 N–H and O–H groups in total. The second-order valence-electron chi connectivity index (χ2n) is 6.59. The summed E-state index contributed by atoms with van der Waals surface area (Å²) in [6, 6.07) is 13.6. The topological polar surface area (TPSA) is 121 Å². The lowest BCUT2D eigenvalue weighted by molar-refractivity contribution is 0.0910. The molecule has 0 saturated heterocycles. The van der Waals surface area contributed by atoms with Crippen LogP contribution in [0, 0.1) is 0 Å². The molecule has 0 fully saturated rings. The summed E-state index contributed by atoms with van der Waals surface area (Å²) in [6.45, 7) is 0.342. The molecule has 0 aliphatic heterocycles. The van der Waals surface area contributed by atoms with Gasteiger partial charge in [-0.3, -0.25) is 4.79 Å². The molecular formula is C21H23N3O6S. The van der Waals surface area contributed by atoms with Crippen molar-refractivity contribution in [1.82, 2.24) is 15.5 Å². The van der Waals surface area contributed by atoms with Crippen LogP contribution in [0.25, 0.3) is 0 Å². The lowest BCUT2D eigenvalue weighted by Gasteiger charge is -2.09. The highest BCUT2D eigenvalue weighted by molar-refractivity contribution is 7.91. The van der Waals surface area contributed by atoms with Gasteiger partial charge in [-0.05, 0) is 36.2 Å². The predicted molar refractivity (Wildman–Crippen MR) is 112 cm³/mol. The zero-order valence-electron chi connectivity index (χ0n) is 17.2. The lowest BCUT2D eigenvalue weighted by Crippen LogP contribution is -2.26. The number of benzene rings is 2. The third-order valence-corrected chi connectivity index (χ3v) is 6.24. The first-order chi connectivity index (χ1) is 14.9. The van der Waals surface area contributed by atoms with Crippen LogP contribution in [0.4, 0.5) is 0 Å². The normalized spacial score (nSPS) is 11.2. The molecular weight excluding hydrogens is 422 g/mol. The van der Waals surface area contributed by atoms with Crippen molar-refractivity contribution in [2.45, 2.75) is 17.7 Å². The quantitative estimate of drug-likeness (QED) is 0.504. The van der Waals surface area contributed by atoms with Gasteiger partial charge in [-0.25, -0.2) is 8.42 Å². The van der Waals surface area contributed by atoms with Crippen LogP contribution in [0.2, 0.25) is 0 Å². The molecule has 3 rings (SSSR count). The zero-order chi connectivity index (χ0) is 22.3. The van der Waals surface area contributed by atoms with Crippen LogP contribution in [0.15, 0.2) is 57.9 Å². The summed E-state index contributed by atoms with van der Waals surface area (Å²) in [7, 11) is -0.346. The molecule has 0 aliphatic rings. The van der Waals surface area contributed by atoms with Crippen molar-refractivity contribution in [3.05, 3.63) is 65.8 Å². The van der Waals surface area contributed by atoms with E-state index in [1.807, 2.05) is 12.1 Å². The largest absolute Gasteiger partial charge is 0.493 e. The van der Waals surface area contributed by atoms with E-state index >= 15 is 0 Å². The average molecular weight is 445 g/mol. The van der Waals surface area contributed by atoms with Crippen molar-refractivity contribution in [3.8, 4) is 11.5 Å². The number of aryl methyl sites for hydroxylation is 1. The van der Waals surface area contributed by atoms with Gasteiger partial charge in [0.2, 0.25) is 0 Å². The molecule has 10 heteroatoms. The van der Waals surface area contributed by atoms with Gasteiger partial charge in [-0.1, -0.05) is 29.4 Å². The van der Waals surface area contributed by atoms with Gasteiger partial charge in [0.05, 0.1) is 24.9 Å². The van der Waals surface area contributed by atoms with E-state index in [1.54, 1.807) is 38.5 Å². The van der Waals surface area contributed by atoms with E-state index in [-0.39, 0.29) is 28.8 Å². The zero-order valence-corrected chi connectivity index (χ0v) is 18.0. The minimum absolute atomic E-state index is 0.0413. The van der Waals surface area contributed by atoms with Crippen molar-refractivity contribution in [1.29, 1.82) is 0 Å². The Morgan fingerprint density at radius 2 is 1.77 bits per heavy atom. The fourth-order valence-electron chi connectivity index (χ4n) is 2.85. The summed E-state index contributed by atoms with van der Waals surface area (Å²) >= 11 is 0. The van der Waals surface area contributed by atoms with Crippen LogP contribution >= 0.6 is 0 Å². The molecule has 0 radical (unpaired) electrons. The number of hydrogen-bond acceptors (Lipinski definition) is 8. The maximum atomic E-state index is 12.3. The highest BCUT2D eigenvalue weighted by Crippen LogP contribution is 2.27. The van der Waals surface area contributed by atoms with E-state index in [0.29, 0.717) is 24.5 Å². The first-order valence-corrected chi connectivity index (χ1v) is 11.2. The molecule has 3 aromatic rings. The van der Waals surface area contributed by atoms with Crippen LogP contribution in [0.5, 0.6) is 11.5 Å². The summed E-state index contributed by atoms with van der Waals surface area (Å²) in [5.74, 6) is 0.479. The molecule has 0 saturated carbocycles. The second kappa shape index (κ2) is 10.1. The molecule has 164 valence electrons. The van der Waals surface area contributed by atoms with E-state index in [0.717, 1.165) is 5.56 Å². The van der Waals surface area contributed by atoms with Gasteiger partial charge in [-0.15, -0.1) is 0 Å². The molecule has 2 aromatic carbocycles. The number of carbonyl (C=O) groups excluding carboxylic acids is 1. The Labute approximate surface area is 180 Å². The van der Waals surface area contributed by atoms with Crippen molar-refractivity contribution >= 4 is 15.7 Å². The summed E-state index contributed by atoms with van der Waals surface area (Å²) in [6.07, 6.45) is 0.599. The van der Waals surface area contributed by atoms with Crippen molar-refractivity contribution in [2.24, 2.45) is 0 Å². The van der Waals surface area contributed by atoms with E-state index in [9.17, 15) is 13.2 Å². The first kappa shape index (κ1) is 22.3. The molecule has 0 unspecified atom stereocenters. The standard InChI is InChI=1S/C21H23N3O6S/c1-28-17-9-8-15(14-18(17)29-2)10-12-22-20(25)21-23-19(24-30-21)11-13-31(26,27)16-6-4-3-5-7-16/h3-9,14H,10-13H2,1-2H3,(H,22,25). The molecule has 1 amide bonds. The number of amides is 1. The molecule has 0 atom stereocenters. The number of aromatic nitrogens is 2. The summed E-state index contributed by atoms with van der Waals surface area (Å²) in [4.78, 5) is 16.4. The summed E-state index contributed by atoms with van der Waals surface area (Å²) in [5, 5.41) is 6.40. The third-order valence-electron chi connectivity index (χ3n) is 4.51. The van der Waals surface area contributed by atoms with Gasteiger partial charge in [0.1, 0.15) is 0 Å². The van der Waals surface area contributed by atoms with Gasteiger partial charge >= 0.3 is 11.8 Å². The molecule has 31 heavy (non-hydrogen) atoms. The highest BCUT2D eigenvalue weighted by atomic mass is 32.2. The highest BCUT2D eigenvalue weighted by Gasteiger charge is 2.19. The Balaban J connectivity index is 1.51. The van der Waals surface area contributed by atoms with Crippen LogP contribution in [-0.4, -0.2) is 51.0 Å². The predicted octanol–water partition coefficient (Wildman–Crippen LogP) is 2.08. The number of ether oxygens (including phenoxy) is 2. The fourth-order valence-corrected chi connectivity index (χ4v) is 4.11.